The highest BCUT2D eigenvalue weighted by Gasteiger charge is 2.20. The number of hydrogen-bond acceptors (Lipinski definition) is 8. The van der Waals surface area contributed by atoms with E-state index in [9.17, 15) is 9.59 Å². The Balaban J connectivity index is 1.28. The number of ether oxygens (including phenoxy) is 1. The minimum atomic E-state index is -0.577. The molecule has 0 bridgehead atoms. The van der Waals surface area contributed by atoms with Crippen LogP contribution in [-0.4, -0.2) is 58.1 Å². The van der Waals surface area contributed by atoms with E-state index in [4.69, 9.17) is 14.7 Å². The van der Waals surface area contributed by atoms with Crippen molar-refractivity contribution in [1.82, 2.24) is 19.9 Å². The number of nitrogens with zero attached hydrogens (tertiary/aromatic N) is 5. The second-order valence-corrected chi connectivity index (χ2v) is 10.6. The van der Waals surface area contributed by atoms with Crippen LogP contribution in [0.1, 0.15) is 18.3 Å². The van der Waals surface area contributed by atoms with Crippen LogP contribution in [0.5, 0.6) is 0 Å². The van der Waals surface area contributed by atoms with Gasteiger partial charge >= 0.3 is 6.03 Å². The van der Waals surface area contributed by atoms with E-state index >= 15 is 4.39 Å². The molecule has 222 valence electrons. The van der Waals surface area contributed by atoms with Crippen molar-refractivity contribution < 1.29 is 18.7 Å². The third-order valence-electron chi connectivity index (χ3n) is 7.23. The molecule has 1 saturated heterocycles. The summed E-state index contributed by atoms with van der Waals surface area (Å²) in [6, 6.07) is 16.7. The summed E-state index contributed by atoms with van der Waals surface area (Å²) in [4.78, 5) is 44.2. The molecule has 0 unspecified atom stereocenters. The zero-order valence-corrected chi connectivity index (χ0v) is 24.3. The standard InChI is InChI=1S/C33H30FN7O3/c1-20(42)15-22-3-6-25(7-4-22)37-33(43)38-26-8-10-27(29(34)17-26)31-39-30-16-23(24-18-35-21(2)36-19-24)5-9-28(30)32(40-31)41-11-13-44-14-12-41/h3-10,16-19H,11-15H2,1-2H3,(H2,37,38,43). The highest BCUT2D eigenvalue weighted by molar-refractivity contribution is 6.00. The van der Waals surface area contributed by atoms with Crippen LogP contribution in [-0.2, 0) is 16.0 Å². The first-order valence-corrected chi connectivity index (χ1v) is 14.2. The van der Waals surface area contributed by atoms with Crippen molar-refractivity contribution in [3.8, 4) is 22.5 Å². The van der Waals surface area contributed by atoms with Crippen LogP contribution < -0.4 is 15.5 Å². The zero-order valence-electron chi connectivity index (χ0n) is 24.3. The molecule has 3 aromatic carbocycles. The molecule has 2 amide bonds. The normalized spacial score (nSPS) is 13.1. The largest absolute Gasteiger partial charge is 0.378 e. The number of amides is 2. The lowest BCUT2D eigenvalue weighted by atomic mass is 10.1. The van der Waals surface area contributed by atoms with Crippen LogP contribution >= 0.6 is 0 Å². The Hall–Kier alpha value is -5.29. The van der Waals surface area contributed by atoms with Crippen molar-refractivity contribution in [3.05, 3.63) is 90.3 Å². The van der Waals surface area contributed by atoms with Crippen LogP contribution in [0.15, 0.2) is 73.1 Å². The van der Waals surface area contributed by atoms with Crippen LogP contribution in [0.4, 0.5) is 26.4 Å². The fraction of sp³-hybridized carbons (Fsp3) is 0.212. The van der Waals surface area contributed by atoms with E-state index in [0.717, 1.165) is 22.1 Å². The number of fused-ring (bicyclic) bond motifs is 1. The summed E-state index contributed by atoms with van der Waals surface area (Å²) in [5.41, 5.74) is 4.26. The fourth-order valence-electron chi connectivity index (χ4n) is 5.03. The molecule has 10 nitrogen and oxygen atoms in total. The molecule has 0 aliphatic carbocycles. The number of halogens is 1. The van der Waals surface area contributed by atoms with Gasteiger partial charge in [-0.2, -0.15) is 0 Å². The molecule has 6 rings (SSSR count). The van der Waals surface area contributed by atoms with E-state index in [1.165, 1.54) is 13.0 Å². The van der Waals surface area contributed by atoms with Crippen LogP contribution in [0.25, 0.3) is 33.4 Å². The number of ketones is 1. The van der Waals surface area contributed by atoms with Gasteiger partial charge < -0.3 is 20.3 Å². The number of carbonyl (C=O) groups excluding carboxylic acids is 2. The van der Waals surface area contributed by atoms with E-state index in [2.05, 4.69) is 25.5 Å². The monoisotopic (exact) mass is 591 g/mol. The van der Waals surface area contributed by atoms with Gasteiger partial charge in [0.05, 0.1) is 24.3 Å². The molecule has 3 heterocycles. The minimum absolute atomic E-state index is 0.0578. The molecule has 11 heteroatoms. The van der Waals surface area contributed by atoms with Gasteiger partial charge in [0.2, 0.25) is 0 Å². The number of urea groups is 1. The summed E-state index contributed by atoms with van der Waals surface area (Å²) in [5.74, 6) is 1.10. The molecule has 2 N–H and O–H groups in total. The maximum absolute atomic E-state index is 15.6. The molecule has 0 saturated carbocycles. The van der Waals surface area contributed by atoms with Crippen molar-refractivity contribution in [2.45, 2.75) is 20.3 Å². The first kappa shape index (κ1) is 28.8. The lowest BCUT2D eigenvalue weighted by Crippen LogP contribution is -2.37. The molecule has 1 aliphatic heterocycles. The quantitative estimate of drug-likeness (QED) is 0.243. The fourth-order valence-corrected chi connectivity index (χ4v) is 5.03. The van der Waals surface area contributed by atoms with Crippen molar-refractivity contribution in [3.63, 3.8) is 0 Å². The molecule has 44 heavy (non-hydrogen) atoms. The smallest absolute Gasteiger partial charge is 0.323 e. The second-order valence-electron chi connectivity index (χ2n) is 10.6. The number of aromatic nitrogens is 4. The van der Waals surface area contributed by atoms with Crippen molar-refractivity contribution in [2.75, 3.05) is 41.8 Å². The Morgan fingerprint density at radius 2 is 1.59 bits per heavy atom. The van der Waals surface area contributed by atoms with E-state index in [1.54, 1.807) is 48.8 Å². The average Bonchev–Trinajstić information content (AvgIpc) is 3.02. The number of Topliss-reactive ketones (excluding diaryl/α,β-unsaturated/α-hetero) is 1. The molecule has 5 aromatic rings. The summed E-state index contributed by atoms with van der Waals surface area (Å²) in [6.45, 7) is 5.80. The third kappa shape index (κ3) is 6.52. The summed E-state index contributed by atoms with van der Waals surface area (Å²) in [6.07, 6.45) is 3.86. The molecular weight excluding hydrogens is 561 g/mol. The molecule has 1 fully saturated rings. The van der Waals surface area contributed by atoms with Gasteiger partial charge in [-0.1, -0.05) is 18.2 Å². The minimum Gasteiger partial charge on any atom is -0.378 e. The van der Waals surface area contributed by atoms with Crippen LogP contribution in [0.2, 0.25) is 0 Å². The highest BCUT2D eigenvalue weighted by atomic mass is 19.1. The third-order valence-corrected chi connectivity index (χ3v) is 7.23. The molecule has 0 radical (unpaired) electrons. The number of rotatable bonds is 7. The van der Waals surface area contributed by atoms with Gasteiger partial charge in [0.25, 0.3) is 0 Å². The number of hydrogen-bond donors (Lipinski definition) is 2. The Morgan fingerprint density at radius 3 is 2.30 bits per heavy atom. The van der Waals surface area contributed by atoms with Gasteiger partial charge in [-0.3, -0.25) is 4.79 Å². The van der Waals surface area contributed by atoms with E-state index in [1.807, 2.05) is 25.1 Å². The number of aryl methyl sites for hydroxylation is 1. The summed E-state index contributed by atoms with van der Waals surface area (Å²) >= 11 is 0. The van der Waals surface area contributed by atoms with E-state index in [-0.39, 0.29) is 22.9 Å². The van der Waals surface area contributed by atoms with Crippen LogP contribution in [0, 0.1) is 12.7 Å². The van der Waals surface area contributed by atoms with Gasteiger partial charge in [0.1, 0.15) is 23.2 Å². The summed E-state index contributed by atoms with van der Waals surface area (Å²) in [7, 11) is 0. The van der Waals surface area contributed by atoms with Gasteiger partial charge in [-0.05, 0) is 67.4 Å². The highest BCUT2D eigenvalue weighted by Crippen LogP contribution is 2.32. The van der Waals surface area contributed by atoms with Gasteiger partial charge in [-0.15, -0.1) is 0 Å². The van der Waals surface area contributed by atoms with Crippen LogP contribution in [0.3, 0.4) is 0 Å². The number of nitrogens with one attached hydrogen (secondary N) is 2. The topological polar surface area (TPSA) is 122 Å². The number of benzene rings is 3. The lowest BCUT2D eigenvalue weighted by Gasteiger charge is -2.29. The molecule has 2 aromatic heterocycles. The Labute approximate surface area is 253 Å². The maximum Gasteiger partial charge on any atom is 0.323 e. The first-order valence-electron chi connectivity index (χ1n) is 14.2. The van der Waals surface area contributed by atoms with Crippen molar-refractivity contribution >= 4 is 39.9 Å². The molecule has 0 atom stereocenters. The van der Waals surface area contributed by atoms with Gasteiger partial charge in [-0.25, -0.2) is 29.1 Å². The van der Waals surface area contributed by atoms with Gasteiger partial charge in [0, 0.05) is 54.2 Å². The Bertz CT molecular complexity index is 1840. The first-order chi connectivity index (χ1) is 21.3. The summed E-state index contributed by atoms with van der Waals surface area (Å²) < 4.78 is 21.1. The molecule has 1 aliphatic rings. The molecule has 0 spiro atoms. The van der Waals surface area contributed by atoms with Crippen molar-refractivity contribution in [1.29, 1.82) is 0 Å². The number of carbonyl (C=O) groups is 2. The van der Waals surface area contributed by atoms with E-state index in [0.29, 0.717) is 55.6 Å². The number of anilines is 3. The van der Waals surface area contributed by atoms with E-state index < -0.39 is 11.8 Å². The van der Waals surface area contributed by atoms with Gasteiger partial charge in [0.15, 0.2) is 5.82 Å². The predicted molar refractivity (Wildman–Crippen MR) is 167 cm³/mol. The predicted octanol–water partition coefficient (Wildman–Crippen LogP) is 5.81. The lowest BCUT2D eigenvalue weighted by molar-refractivity contribution is -0.116. The Morgan fingerprint density at radius 1 is 0.886 bits per heavy atom. The van der Waals surface area contributed by atoms with Crippen molar-refractivity contribution in [2.24, 2.45) is 0 Å². The Kier molecular flexibility index (Phi) is 8.20. The summed E-state index contributed by atoms with van der Waals surface area (Å²) in [5, 5.41) is 6.22. The maximum atomic E-state index is 15.6. The number of morpholine rings is 1. The zero-order chi connectivity index (χ0) is 30.6. The second kappa shape index (κ2) is 12.5. The molecular formula is C33H30FN7O3. The average molecular weight is 592 g/mol. The SMILES string of the molecule is CC(=O)Cc1ccc(NC(=O)Nc2ccc(-c3nc(N4CCOCC4)c4ccc(-c5cnc(C)nc5)cc4n3)c(F)c2)cc1.